The van der Waals surface area contributed by atoms with E-state index in [4.69, 9.17) is 0 Å². The van der Waals surface area contributed by atoms with Gasteiger partial charge in [0.05, 0.1) is 17.4 Å². The second kappa shape index (κ2) is 7.70. The van der Waals surface area contributed by atoms with Crippen molar-refractivity contribution in [1.29, 1.82) is 0 Å². The molecule has 0 bridgehead atoms. The maximum absolute atomic E-state index is 12.4. The molecule has 1 aliphatic heterocycles. The number of anilines is 2. The van der Waals surface area contributed by atoms with Gasteiger partial charge in [0.15, 0.2) is 0 Å². The molecule has 2 aromatic carbocycles. The molecule has 2 N–H and O–H groups in total. The Morgan fingerprint density at radius 3 is 2.72 bits per heavy atom. The molecular weight excluding hydrogens is 382 g/mol. The fourth-order valence-corrected chi connectivity index (χ4v) is 3.35. The van der Waals surface area contributed by atoms with Crippen LogP contribution >= 0.6 is 15.9 Å². The van der Waals surface area contributed by atoms with Crippen molar-refractivity contribution in [3.05, 3.63) is 58.6 Å². The number of halogens is 1. The van der Waals surface area contributed by atoms with E-state index in [0.29, 0.717) is 18.7 Å². The zero-order valence-corrected chi connectivity index (χ0v) is 15.5. The molecule has 1 saturated heterocycles. The molecule has 0 radical (unpaired) electrons. The average molecular weight is 402 g/mol. The molecule has 0 aliphatic carbocycles. The number of nitrogens with one attached hydrogen (secondary N) is 2. The Morgan fingerprint density at radius 1 is 1.20 bits per heavy atom. The molecule has 0 saturated carbocycles. The molecule has 3 rings (SSSR count). The Hall–Kier alpha value is -2.34. The van der Waals surface area contributed by atoms with Crippen LogP contribution in [-0.4, -0.2) is 18.5 Å². The van der Waals surface area contributed by atoms with Crippen LogP contribution in [0.15, 0.2) is 53.0 Å². The second-order valence-corrected chi connectivity index (χ2v) is 6.96. The highest BCUT2D eigenvalue weighted by Gasteiger charge is 2.24. The number of carbonyl (C=O) groups is 2. The number of hydrogen-bond donors (Lipinski definition) is 2. The van der Waals surface area contributed by atoms with Crippen molar-refractivity contribution in [2.45, 2.75) is 25.8 Å². The van der Waals surface area contributed by atoms with Crippen molar-refractivity contribution >= 4 is 39.2 Å². The number of urea groups is 1. The molecule has 25 heavy (non-hydrogen) atoms. The van der Waals surface area contributed by atoms with Gasteiger partial charge in [0.25, 0.3) is 0 Å². The van der Waals surface area contributed by atoms with Crippen LogP contribution in [0.5, 0.6) is 0 Å². The average Bonchev–Trinajstić information content (AvgIpc) is 3.01. The van der Waals surface area contributed by atoms with E-state index < -0.39 is 0 Å². The molecule has 0 aromatic heterocycles. The van der Waals surface area contributed by atoms with E-state index in [2.05, 4.69) is 26.6 Å². The van der Waals surface area contributed by atoms with Gasteiger partial charge in [-0.25, -0.2) is 4.79 Å². The topological polar surface area (TPSA) is 61.4 Å². The monoisotopic (exact) mass is 401 g/mol. The van der Waals surface area contributed by atoms with Crippen molar-refractivity contribution < 1.29 is 9.59 Å². The first-order valence-corrected chi connectivity index (χ1v) is 9.06. The minimum absolute atomic E-state index is 0.0946. The third kappa shape index (κ3) is 4.20. The number of hydrogen-bond acceptors (Lipinski definition) is 2. The Labute approximate surface area is 155 Å². The van der Waals surface area contributed by atoms with Crippen LogP contribution < -0.4 is 15.5 Å². The van der Waals surface area contributed by atoms with Crippen LogP contribution in [0.4, 0.5) is 16.2 Å². The summed E-state index contributed by atoms with van der Waals surface area (Å²) in [5.74, 6) is 0.0946. The Kier molecular flexibility index (Phi) is 5.38. The van der Waals surface area contributed by atoms with Gasteiger partial charge in [-0.15, -0.1) is 0 Å². The highest BCUT2D eigenvalue weighted by molar-refractivity contribution is 9.10. The number of amides is 3. The van der Waals surface area contributed by atoms with Crippen molar-refractivity contribution in [2.75, 3.05) is 16.8 Å². The zero-order valence-electron chi connectivity index (χ0n) is 14.0. The number of rotatable bonds is 4. The first-order valence-electron chi connectivity index (χ1n) is 8.27. The molecular formula is C19H20BrN3O2. The molecule has 3 amide bonds. The molecule has 1 atom stereocenters. The van der Waals surface area contributed by atoms with E-state index in [1.807, 2.05) is 55.5 Å². The molecule has 0 spiro atoms. The molecule has 0 unspecified atom stereocenters. The molecule has 1 fully saturated rings. The lowest BCUT2D eigenvalue weighted by Gasteiger charge is -2.21. The maximum atomic E-state index is 12.4. The molecule has 6 heteroatoms. The van der Waals surface area contributed by atoms with Gasteiger partial charge in [0.2, 0.25) is 5.91 Å². The molecule has 5 nitrogen and oxygen atoms in total. The summed E-state index contributed by atoms with van der Waals surface area (Å²) < 4.78 is 0.969. The zero-order chi connectivity index (χ0) is 17.8. The standard InChI is InChI=1S/C19H20BrN3O2/c1-13(14-6-4-7-15(20)12-14)21-19(25)22-16-8-2-3-9-17(16)23-11-5-10-18(23)24/h2-4,6-9,12-13H,5,10-11H2,1H3,(H2,21,22,25)/t13-/m1/s1. The maximum Gasteiger partial charge on any atom is 0.319 e. The lowest BCUT2D eigenvalue weighted by molar-refractivity contribution is -0.117. The van der Waals surface area contributed by atoms with Crippen LogP contribution in [0, 0.1) is 0 Å². The lowest BCUT2D eigenvalue weighted by atomic mass is 10.1. The first kappa shape index (κ1) is 17.5. The number of nitrogens with zero attached hydrogens (tertiary/aromatic N) is 1. The predicted octanol–water partition coefficient (Wildman–Crippen LogP) is 4.46. The van der Waals surface area contributed by atoms with Gasteiger partial charge in [-0.2, -0.15) is 0 Å². The smallest absolute Gasteiger partial charge is 0.319 e. The summed E-state index contributed by atoms with van der Waals surface area (Å²) in [6, 6.07) is 14.8. The van der Waals surface area contributed by atoms with E-state index >= 15 is 0 Å². The largest absolute Gasteiger partial charge is 0.331 e. The summed E-state index contributed by atoms with van der Waals surface area (Å²) in [7, 11) is 0. The summed E-state index contributed by atoms with van der Waals surface area (Å²) in [5, 5.41) is 5.79. The molecule has 1 aliphatic rings. The summed E-state index contributed by atoms with van der Waals surface area (Å²) >= 11 is 3.44. The van der Waals surface area contributed by atoms with E-state index in [1.165, 1.54) is 0 Å². The van der Waals surface area contributed by atoms with Crippen LogP contribution in [0.3, 0.4) is 0 Å². The van der Waals surface area contributed by atoms with Gasteiger partial charge in [-0.1, -0.05) is 40.2 Å². The van der Waals surface area contributed by atoms with Crippen LogP contribution in [0.25, 0.3) is 0 Å². The summed E-state index contributed by atoms with van der Waals surface area (Å²) in [6.45, 7) is 2.62. The highest BCUT2D eigenvalue weighted by atomic mass is 79.9. The van der Waals surface area contributed by atoms with E-state index in [0.717, 1.165) is 22.1 Å². The van der Waals surface area contributed by atoms with Crippen molar-refractivity contribution in [2.24, 2.45) is 0 Å². The second-order valence-electron chi connectivity index (χ2n) is 6.04. The highest BCUT2D eigenvalue weighted by Crippen LogP contribution is 2.29. The molecule has 1 heterocycles. The first-order chi connectivity index (χ1) is 12.0. The van der Waals surface area contributed by atoms with Crippen LogP contribution in [0.2, 0.25) is 0 Å². The fraction of sp³-hybridized carbons (Fsp3) is 0.263. The predicted molar refractivity (Wildman–Crippen MR) is 103 cm³/mol. The minimum Gasteiger partial charge on any atom is -0.331 e. The number of para-hydroxylation sites is 2. The van der Waals surface area contributed by atoms with Gasteiger partial charge in [-0.05, 0) is 43.2 Å². The quantitative estimate of drug-likeness (QED) is 0.794. The third-order valence-corrected chi connectivity index (χ3v) is 4.71. The number of benzene rings is 2. The van der Waals surface area contributed by atoms with Gasteiger partial charge in [0, 0.05) is 17.4 Å². The summed E-state index contributed by atoms with van der Waals surface area (Å²) in [5.41, 5.74) is 2.39. The summed E-state index contributed by atoms with van der Waals surface area (Å²) in [6.07, 6.45) is 1.40. The normalized spacial score (nSPS) is 15.1. The van der Waals surface area contributed by atoms with Crippen molar-refractivity contribution in [3.8, 4) is 0 Å². The number of carbonyl (C=O) groups excluding carboxylic acids is 2. The fourth-order valence-electron chi connectivity index (χ4n) is 2.93. The van der Waals surface area contributed by atoms with E-state index in [1.54, 1.807) is 4.90 Å². The Balaban J connectivity index is 1.70. The van der Waals surface area contributed by atoms with E-state index in [9.17, 15) is 9.59 Å². The van der Waals surface area contributed by atoms with E-state index in [-0.39, 0.29) is 18.0 Å². The third-order valence-electron chi connectivity index (χ3n) is 4.21. The summed E-state index contributed by atoms with van der Waals surface area (Å²) in [4.78, 5) is 26.1. The minimum atomic E-state index is -0.299. The van der Waals surface area contributed by atoms with Gasteiger partial charge in [-0.3, -0.25) is 4.79 Å². The molecule has 2 aromatic rings. The van der Waals surface area contributed by atoms with Crippen LogP contribution in [-0.2, 0) is 4.79 Å². The molecule has 130 valence electrons. The van der Waals surface area contributed by atoms with Gasteiger partial charge in [0.1, 0.15) is 0 Å². The Morgan fingerprint density at radius 2 is 2.00 bits per heavy atom. The van der Waals surface area contributed by atoms with Crippen molar-refractivity contribution in [3.63, 3.8) is 0 Å². The van der Waals surface area contributed by atoms with Gasteiger partial charge >= 0.3 is 6.03 Å². The SMILES string of the molecule is C[C@@H](NC(=O)Nc1ccccc1N1CCCC1=O)c1cccc(Br)c1. The lowest BCUT2D eigenvalue weighted by Crippen LogP contribution is -2.32. The van der Waals surface area contributed by atoms with Crippen molar-refractivity contribution in [1.82, 2.24) is 5.32 Å². The van der Waals surface area contributed by atoms with Crippen LogP contribution in [0.1, 0.15) is 31.4 Å². The Bertz CT molecular complexity index is 794. The van der Waals surface area contributed by atoms with Gasteiger partial charge < -0.3 is 15.5 Å².